The van der Waals surface area contributed by atoms with Crippen LogP contribution in [0.4, 0.5) is 0 Å². The quantitative estimate of drug-likeness (QED) is 0.892. The van der Waals surface area contributed by atoms with Crippen LogP contribution in [0.25, 0.3) is 10.6 Å². The van der Waals surface area contributed by atoms with E-state index in [1.165, 1.54) is 12.8 Å². The Morgan fingerprint density at radius 1 is 1.44 bits per heavy atom. The average molecular weight is 261 g/mol. The van der Waals surface area contributed by atoms with Crippen LogP contribution in [0.5, 0.6) is 0 Å². The highest BCUT2D eigenvalue weighted by Crippen LogP contribution is 2.26. The molecule has 4 nitrogen and oxygen atoms in total. The Balaban J connectivity index is 1.79. The maximum atomic E-state index is 12.2. The summed E-state index contributed by atoms with van der Waals surface area (Å²) in [4.78, 5) is 13.3. The Kier molecular flexibility index (Phi) is 3.15. The second-order valence-corrected chi connectivity index (χ2v) is 5.54. The van der Waals surface area contributed by atoms with Gasteiger partial charge in [-0.3, -0.25) is 9.89 Å². The van der Waals surface area contributed by atoms with E-state index in [4.69, 9.17) is 0 Å². The standard InChI is InChI=1S/C13H15N3OS/c17-13(15-9-4-1-2-5-9)10-8-14-16-12(10)11-6-3-7-18-11/h3,6-9H,1-2,4-5H2,(H,14,16)(H,15,17). The second kappa shape index (κ2) is 4.94. The minimum atomic E-state index is -0.0148. The molecule has 2 heterocycles. The molecule has 5 heteroatoms. The molecule has 2 N–H and O–H groups in total. The predicted octanol–water partition coefficient (Wildman–Crippen LogP) is 2.81. The van der Waals surface area contributed by atoms with Crippen molar-refractivity contribution in [3.63, 3.8) is 0 Å². The number of hydrogen-bond donors (Lipinski definition) is 2. The fourth-order valence-electron chi connectivity index (χ4n) is 2.40. The fraction of sp³-hybridized carbons (Fsp3) is 0.385. The number of aromatic nitrogens is 2. The van der Waals surface area contributed by atoms with E-state index in [0.717, 1.165) is 23.4 Å². The van der Waals surface area contributed by atoms with Gasteiger partial charge in [-0.25, -0.2) is 0 Å². The maximum Gasteiger partial charge on any atom is 0.255 e. The van der Waals surface area contributed by atoms with Crippen LogP contribution in [0.15, 0.2) is 23.7 Å². The molecule has 1 aliphatic carbocycles. The summed E-state index contributed by atoms with van der Waals surface area (Å²) in [5.41, 5.74) is 1.46. The van der Waals surface area contributed by atoms with Crippen LogP contribution in [0.1, 0.15) is 36.0 Å². The summed E-state index contributed by atoms with van der Waals surface area (Å²) in [5, 5.41) is 12.0. The molecule has 1 aliphatic rings. The maximum absolute atomic E-state index is 12.2. The third-order valence-corrected chi connectivity index (χ3v) is 4.23. The minimum Gasteiger partial charge on any atom is -0.349 e. The molecule has 2 aromatic rings. The van der Waals surface area contributed by atoms with Crippen LogP contribution >= 0.6 is 11.3 Å². The van der Waals surface area contributed by atoms with E-state index in [9.17, 15) is 4.79 Å². The number of aromatic amines is 1. The first-order valence-electron chi connectivity index (χ1n) is 6.22. The van der Waals surface area contributed by atoms with Gasteiger partial charge in [0.1, 0.15) is 0 Å². The van der Waals surface area contributed by atoms with Crippen molar-refractivity contribution in [2.45, 2.75) is 31.7 Å². The van der Waals surface area contributed by atoms with E-state index in [2.05, 4.69) is 15.5 Å². The molecule has 0 aliphatic heterocycles. The number of nitrogens with one attached hydrogen (secondary N) is 2. The zero-order chi connectivity index (χ0) is 12.4. The van der Waals surface area contributed by atoms with Crippen LogP contribution in [0.2, 0.25) is 0 Å². The van der Waals surface area contributed by atoms with Gasteiger partial charge in [0.15, 0.2) is 0 Å². The van der Waals surface area contributed by atoms with E-state index in [0.29, 0.717) is 11.6 Å². The topological polar surface area (TPSA) is 57.8 Å². The zero-order valence-corrected chi connectivity index (χ0v) is 10.8. The Bertz CT molecular complexity index is 526. The van der Waals surface area contributed by atoms with E-state index >= 15 is 0 Å². The van der Waals surface area contributed by atoms with Gasteiger partial charge in [-0.2, -0.15) is 5.10 Å². The van der Waals surface area contributed by atoms with Crippen LogP contribution in [-0.2, 0) is 0 Å². The van der Waals surface area contributed by atoms with Gasteiger partial charge in [0, 0.05) is 6.04 Å². The number of rotatable bonds is 3. The SMILES string of the molecule is O=C(NC1CCCC1)c1cn[nH]c1-c1cccs1. The summed E-state index contributed by atoms with van der Waals surface area (Å²) in [7, 11) is 0. The highest BCUT2D eigenvalue weighted by molar-refractivity contribution is 7.13. The first-order valence-corrected chi connectivity index (χ1v) is 7.10. The number of H-pyrrole nitrogens is 1. The summed E-state index contributed by atoms with van der Waals surface area (Å²) < 4.78 is 0. The number of nitrogens with zero attached hydrogens (tertiary/aromatic N) is 1. The first-order chi connectivity index (χ1) is 8.84. The monoisotopic (exact) mass is 261 g/mol. The molecule has 1 saturated carbocycles. The molecule has 0 unspecified atom stereocenters. The first kappa shape index (κ1) is 11.5. The summed E-state index contributed by atoms with van der Waals surface area (Å²) in [5.74, 6) is -0.0148. The predicted molar refractivity (Wildman–Crippen MR) is 71.6 cm³/mol. The normalized spacial score (nSPS) is 16.0. The Hall–Kier alpha value is -1.62. The molecule has 0 atom stereocenters. The molecule has 0 spiro atoms. The summed E-state index contributed by atoms with van der Waals surface area (Å²) >= 11 is 1.60. The van der Waals surface area contributed by atoms with Gasteiger partial charge in [-0.05, 0) is 24.3 Å². The van der Waals surface area contributed by atoms with E-state index < -0.39 is 0 Å². The van der Waals surface area contributed by atoms with Gasteiger partial charge < -0.3 is 5.32 Å². The van der Waals surface area contributed by atoms with Crippen molar-refractivity contribution in [3.05, 3.63) is 29.3 Å². The number of carbonyl (C=O) groups excluding carboxylic acids is 1. The molecule has 0 radical (unpaired) electrons. The van der Waals surface area contributed by atoms with Crippen LogP contribution in [0, 0.1) is 0 Å². The summed E-state index contributed by atoms with van der Waals surface area (Å²) in [6.45, 7) is 0. The molecule has 3 rings (SSSR count). The van der Waals surface area contributed by atoms with Crippen LogP contribution < -0.4 is 5.32 Å². The molecule has 18 heavy (non-hydrogen) atoms. The van der Waals surface area contributed by atoms with Crippen LogP contribution in [-0.4, -0.2) is 22.1 Å². The number of hydrogen-bond acceptors (Lipinski definition) is 3. The van der Waals surface area contributed by atoms with Gasteiger partial charge in [0.2, 0.25) is 0 Å². The molecule has 1 fully saturated rings. The highest BCUT2D eigenvalue weighted by atomic mass is 32.1. The molecule has 1 amide bonds. The number of amides is 1. The van der Waals surface area contributed by atoms with Crippen molar-refractivity contribution >= 4 is 17.2 Å². The van der Waals surface area contributed by atoms with Crippen molar-refractivity contribution in [2.75, 3.05) is 0 Å². The Morgan fingerprint density at radius 3 is 3.00 bits per heavy atom. The Morgan fingerprint density at radius 2 is 2.28 bits per heavy atom. The van der Waals surface area contributed by atoms with Crippen molar-refractivity contribution < 1.29 is 4.79 Å². The van der Waals surface area contributed by atoms with Gasteiger partial charge in [-0.1, -0.05) is 18.9 Å². The number of carbonyl (C=O) groups is 1. The van der Waals surface area contributed by atoms with E-state index in [1.807, 2.05) is 17.5 Å². The summed E-state index contributed by atoms with van der Waals surface area (Å²) in [6, 6.07) is 4.30. The second-order valence-electron chi connectivity index (χ2n) is 4.59. The largest absolute Gasteiger partial charge is 0.349 e. The molecule has 0 aromatic carbocycles. The highest BCUT2D eigenvalue weighted by Gasteiger charge is 2.21. The third-order valence-electron chi connectivity index (χ3n) is 3.34. The third kappa shape index (κ3) is 2.18. The molecule has 2 aromatic heterocycles. The zero-order valence-electron chi connectivity index (χ0n) is 9.98. The van der Waals surface area contributed by atoms with Crippen molar-refractivity contribution in [1.82, 2.24) is 15.5 Å². The molecule has 0 saturated heterocycles. The molecule has 94 valence electrons. The lowest BCUT2D eigenvalue weighted by Crippen LogP contribution is -2.32. The Labute approximate surface area is 109 Å². The fourth-order valence-corrected chi connectivity index (χ4v) is 3.13. The van der Waals surface area contributed by atoms with Gasteiger partial charge in [-0.15, -0.1) is 11.3 Å². The van der Waals surface area contributed by atoms with Crippen molar-refractivity contribution in [1.29, 1.82) is 0 Å². The van der Waals surface area contributed by atoms with Crippen molar-refractivity contribution in [2.24, 2.45) is 0 Å². The number of thiophene rings is 1. The van der Waals surface area contributed by atoms with Gasteiger partial charge in [0.25, 0.3) is 5.91 Å². The van der Waals surface area contributed by atoms with Gasteiger partial charge >= 0.3 is 0 Å². The minimum absolute atomic E-state index is 0.0148. The van der Waals surface area contributed by atoms with Gasteiger partial charge in [0.05, 0.1) is 22.3 Å². The molecular formula is C13H15N3OS. The summed E-state index contributed by atoms with van der Waals surface area (Å²) in [6.07, 6.45) is 6.23. The lowest BCUT2D eigenvalue weighted by Gasteiger charge is -2.11. The van der Waals surface area contributed by atoms with Crippen LogP contribution in [0.3, 0.4) is 0 Å². The molecule has 0 bridgehead atoms. The van der Waals surface area contributed by atoms with Crippen molar-refractivity contribution in [3.8, 4) is 10.6 Å². The lowest BCUT2D eigenvalue weighted by molar-refractivity contribution is 0.0938. The smallest absolute Gasteiger partial charge is 0.255 e. The lowest BCUT2D eigenvalue weighted by atomic mass is 10.2. The van der Waals surface area contributed by atoms with E-state index in [1.54, 1.807) is 17.5 Å². The van der Waals surface area contributed by atoms with E-state index in [-0.39, 0.29) is 5.91 Å². The average Bonchev–Trinajstić information content (AvgIpc) is 3.11. The molecular weight excluding hydrogens is 246 g/mol.